The molecule has 0 saturated carbocycles. The van der Waals surface area contributed by atoms with E-state index in [0.717, 1.165) is 57.1 Å². The lowest BCUT2D eigenvalue weighted by Gasteiger charge is -2.16. The van der Waals surface area contributed by atoms with Crippen molar-refractivity contribution in [2.75, 3.05) is 0 Å². The summed E-state index contributed by atoms with van der Waals surface area (Å²) in [6, 6.07) is 36.2. The summed E-state index contributed by atoms with van der Waals surface area (Å²) >= 11 is 0. The predicted octanol–water partition coefficient (Wildman–Crippen LogP) is 9.61. The highest BCUT2D eigenvalue weighted by atomic mass is 16.3. The Morgan fingerprint density at radius 2 is 1.53 bits per heavy atom. The Bertz CT molecular complexity index is 2070. The van der Waals surface area contributed by atoms with Gasteiger partial charge in [0.25, 0.3) is 0 Å². The number of allylic oxidation sites excluding steroid dienone is 4. The summed E-state index contributed by atoms with van der Waals surface area (Å²) < 4.78 is 8.49. The number of furan rings is 1. The maximum atomic E-state index is 6.06. The fraction of sp³-hybridized carbons (Fsp3) is 0.0571. The van der Waals surface area contributed by atoms with E-state index in [2.05, 4.69) is 114 Å². The number of rotatable bonds is 3. The molecule has 0 atom stereocenters. The van der Waals surface area contributed by atoms with E-state index in [9.17, 15) is 0 Å². The Kier molecular flexibility index (Phi) is 4.65. The third kappa shape index (κ3) is 3.18. The normalized spacial score (nSPS) is 13.6. The second-order valence-electron chi connectivity index (χ2n) is 9.90. The van der Waals surface area contributed by atoms with Crippen molar-refractivity contribution in [3.63, 3.8) is 0 Å². The summed E-state index contributed by atoms with van der Waals surface area (Å²) in [6.45, 7) is 0. The summed E-state index contributed by atoms with van der Waals surface area (Å²) in [6.07, 6.45) is 8.71. The Balaban J connectivity index is 1.40. The van der Waals surface area contributed by atoms with Gasteiger partial charge < -0.3 is 8.98 Å². The fourth-order valence-corrected chi connectivity index (χ4v) is 5.90. The van der Waals surface area contributed by atoms with Crippen LogP contribution in [0.5, 0.6) is 0 Å². The van der Waals surface area contributed by atoms with Crippen molar-refractivity contribution in [2.24, 2.45) is 0 Å². The van der Waals surface area contributed by atoms with Crippen molar-refractivity contribution in [3.05, 3.63) is 121 Å². The summed E-state index contributed by atoms with van der Waals surface area (Å²) in [5.41, 5.74) is 11.0. The second-order valence-corrected chi connectivity index (χ2v) is 9.90. The maximum Gasteiger partial charge on any atom is 0.135 e. The van der Waals surface area contributed by atoms with Gasteiger partial charge in [-0.2, -0.15) is 0 Å². The van der Waals surface area contributed by atoms with Crippen LogP contribution >= 0.6 is 0 Å². The van der Waals surface area contributed by atoms with E-state index in [1.165, 1.54) is 27.7 Å². The van der Waals surface area contributed by atoms with Gasteiger partial charge in [-0.3, -0.25) is 0 Å². The molecule has 4 aromatic carbocycles. The summed E-state index contributed by atoms with van der Waals surface area (Å²) in [4.78, 5) is 5.30. The monoisotopic (exact) mass is 488 g/mol. The van der Waals surface area contributed by atoms with Crippen LogP contribution in [-0.2, 0) is 0 Å². The van der Waals surface area contributed by atoms with E-state index in [1.807, 2.05) is 12.1 Å². The number of aromatic nitrogens is 2. The minimum atomic E-state index is 0.900. The van der Waals surface area contributed by atoms with Crippen molar-refractivity contribution in [2.45, 2.75) is 12.8 Å². The van der Waals surface area contributed by atoms with Gasteiger partial charge in [-0.15, -0.1) is 0 Å². The van der Waals surface area contributed by atoms with E-state index in [-0.39, 0.29) is 0 Å². The van der Waals surface area contributed by atoms with Crippen molar-refractivity contribution in [1.29, 1.82) is 0 Å². The van der Waals surface area contributed by atoms with Gasteiger partial charge in [0.15, 0.2) is 0 Å². The van der Waals surface area contributed by atoms with Crippen molar-refractivity contribution in [3.8, 4) is 22.4 Å². The highest BCUT2D eigenvalue weighted by Gasteiger charge is 2.20. The number of benzene rings is 4. The first-order chi connectivity index (χ1) is 18.8. The molecule has 180 valence electrons. The van der Waals surface area contributed by atoms with Crippen LogP contribution < -0.4 is 0 Å². The summed E-state index contributed by atoms with van der Waals surface area (Å²) in [5.74, 6) is 0. The lowest BCUT2D eigenvalue weighted by molar-refractivity contribution is 0.669. The minimum absolute atomic E-state index is 0.900. The average molecular weight is 489 g/mol. The molecule has 38 heavy (non-hydrogen) atoms. The topological polar surface area (TPSA) is 31.0 Å². The number of fused-ring (bicyclic) bond motifs is 6. The molecule has 3 heteroatoms. The molecule has 0 aliphatic heterocycles. The molecular weight excluding hydrogens is 464 g/mol. The summed E-state index contributed by atoms with van der Waals surface area (Å²) in [5, 5.41) is 3.42. The van der Waals surface area contributed by atoms with Crippen LogP contribution in [0, 0.1) is 0 Å². The van der Waals surface area contributed by atoms with Gasteiger partial charge in [0.05, 0.1) is 22.2 Å². The molecule has 3 nitrogen and oxygen atoms in total. The molecule has 3 aromatic heterocycles. The third-order valence-corrected chi connectivity index (χ3v) is 7.67. The zero-order valence-electron chi connectivity index (χ0n) is 20.8. The fourth-order valence-electron chi connectivity index (χ4n) is 5.90. The molecular formula is C35H24N2O. The molecule has 1 aliphatic carbocycles. The quantitative estimate of drug-likeness (QED) is 0.248. The highest BCUT2D eigenvalue weighted by molar-refractivity contribution is 6.13. The zero-order valence-corrected chi connectivity index (χ0v) is 20.8. The van der Waals surface area contributed by atoms with Crippen molar-refractivity contribution >= 4 is 49.6 Å². The number of nitrogens with zero attached hydrogens (tertiary/aromatic N) is 2. The van der Waals surface area contributed by atoms with E-state index in [0.29, 0.717) is 0 Å². The minimum Gasteiger partial charge on any atom is -0.456 e. The van der Waals surface area contributed by atoms with Crippen LogP contribution in [0.3, 0.4) is 0 Å². The molecule has 0 N–H and O–H groups in total. The van der Waals surface area contributed by atoms with Crippen LogP contribution in [0.4, 0.5) is 0 Å². The molecule has 0 fully saturated rings. The Morgan fingerprint density at radius 3 is 2.42 bits per heavy atom. The SMILES string of the molecule is C1=CCCC(n2c3ccc(-c4ccc5oc6ccccc6c5c4)nc3c3cccc(-c4ccccc4)c32)=C1. The van der Waals surface area contributed by atoms with E-state index < -0.39 is 0 Å². The third-order valence-electron chi connectivity index (χ3n) is 7.67. The molecule has 0 spiro atoms. The standard InChI is InChI=1S/C35H24N2O/c1-3-10-23(11-4-1)26-15-9-16-28-34-31(37(35(26)28)25-12-5-2-6-13-25)20-19-30(36-34)24-18-21-33-29(22-24)27-14-7-8-17-32(27)38-33/h1-5,7-12,14-22H,6,13H2. The first-order valence-corrected chi connectivity index (χ1v) is 13.1. The first-order valence-electron chi connectivity index (χ1n) is 13.1. The van der Waals surface area contributed by atoms with Gasteiger partial charge in [0.2, 0.25) is 0 Å². The zero-order chi connectivity index (χ0) is 25.1. The van der Waals surface area contributed by atoms with E-state index >= 15 is 0 Å². The molecule has 0 amide bonds. The van der Waals surface area contributed by atoms with Gasteiger partial charge in [0.1, 0.15) is 11.2 Å². The van der Waals surface area contributed by atoms with Gasteiger partial charge in [-0.05, 0) is 60.9 Å². The second kappa shape index (κ2) is 8.32. The van der Waals surface area contributed by atoms with Gasteiger partial charge in [0, 0.05) is 33.0 Å². The molecule has 0 unspecified atom stereocenters. The van der Waals surface area contributed by atoms with Crippen LogP contribution in [0.2, 0.25) is 0 Å². The average Bonchev–Trinajstić information content (AvgIpc) is 3.53. The predicted molar refractivity (Wildman–Crippen MR) is 158 cm³/mol. The van der Waals surface area contributed by atoms with Gasteiger partial charge >= 0.3 is 0 Å². The molecule has 7 aromatic rings. The van der Waals surface area contributed by atoms with Gasteiger partial charge in [-0.25, -0.2) is 4.98 Å². The molecule has 0 bridgehead atoms. The van der Waals surface area contributed by atoms with Crippen LogP contribution in [0.25, 0.3) is 72.0 Å². The van der Waals surface area contributed by atoms with Crippen LogP contribution in [-0.4, -0.2) is 9.55 Å². The van der Waals surface area contributed by atoms with Gasteiger partial charge in [-0.1, -0.05) is 78.9 Å². The smallest absolute Gasteiger partial charge is 0.135 e. The van der Waals surface area contributed by atoms with Crippen molar-refractivity contribution < 1.29 is 4.42 Å². The maximum absolute atomic E-state index is 6.06. The number of hydrogen-bond donors (Lipinski definition) is 0. The number of hydrogen-bond acceptors (Lipinski definition) is 2. The summed E-state index contributed by atoms with van der Waals surface area (Å²) in [7, 11) is 0. The molecule has 0 saturated heterocycles. The lowest BCUT2D eigenvalue weighted by atomic mass is 10.0. The molecule has 8 rings (SSSR count). The molecule has 0 radical (unpaired) electrons. The largest absolute Gasteiger partial charge is 0.456 e. The lowest BCUT2D eigenvalue weighted by Crippen LogP contribution is -2.00. The molecule has 1 aliphatic rings. The Labute approximate surface area is 220 Å². The highest BCUT2D eigenvalue weighted by Crippen LogP contribution is 2.40. The molecule has 3 heterocycles. The van der Waals surface area contributed by atoms with Crippen LogP contribution in [0.1, 0.15) is 12.8 Å². The Hall–Kier alpha value is -4.89. The number of pyridine rings is 1. The van der Waals surface area contributed by atoms with E-state index in [1.54, 1.807) is 0 Å². The Morgan fingerprint density at radius 1 is 0.684 bits per heavy atom. The van der Waals surface area contributed by atoms with Crippen LogP contribution in [0.15, 0.2) is 126 Å². The van der Waals surface area contributed by atoms with Crippen molar-refractivity contribution in [1.82, 2.24) is 9.55 Å². The number of para-hydroxylation sites is 2. The first kappa shape index (κ1) is 21.2. The van der Waals surface area contributed by atoms with E-state index in [4.69, 9.17) is 9.40 Å².